The molecular weight excluding hydrogens is 222 g/mol. The second-order valence-corrected chi connectivity index (χ2v) is 4.51. The molecule has 1 aliphatic carbocycles. The molecule has 0 amide bonds. The molecule has 1 fully saturated rings. The summed E-state index contributed by atoms with van der Waals surface area (Å²) < 4.78 is 0. The largest absolute Gasteiger partial charge is 0.308 e. The first kappa shape index (κ1) is 11.4. The number of hydrazine groups is 1. The summed E-state index contributed by atoms with van der Waals surface area (Å²) in [6.45, 7) is 0. The number of aliphatic imine (C=N–C) groups is 1. The summed E-state index contributed by atoms with van der Waals surface area (Å²) in [6.07, 6.45) is 4.85. The highest BCUT2D eigenvalue weighted by Crippen LogP contribution is 2.21. The van der Waals surface area contributed by atoms with Gasteiger partial charge in [-0.15, -0.1) is 0 Å². The summed E-state index contributed by atoms with van der Waals surface area (Å²) in [7, 11) is 0. The van der Waals surface area contributed by atoms with Gasteiger partial charge >= 0.3 is 0 Å². The van der Waals surface area contributed by atoms with Crippen LogP contribution in [0.2, 0.25) is 5.02 Å². The average molecular weight is 238 g/mol. The Morgan fingerprint density at radius 3 is 2.75 bits per heavy atom. The number of amidine groups is 1. The molecule has 1 aromatic carbocycles. The van der Waals surface area contributed by atoms with E-state index in [0.29, 0.717) is 11.1 Å². The molecule has 16 heavy (non-hydrogen) atoms. The van der Waals surface area contributed by atoms with Crippen LogP contribution < -0.4 is 11.3 Å². The van der Waals surface area contributed by atoms with E-state index in [1.165, 1.54) is 12.8 Å². The number of hydrogen-bond acceptors (Lipinski definition) is 2. The lowest BCUT2D eigenvalue weighted by Crippen LogP contribution is -2.32. The molecule has 0 unspecified atom stereocenters. The lowest BCUT2D eigenvalue weighted by molar-refractivity contribution is 0.701. The van der Waals surface area contributed by atoms with Gasteiger partial charge in [-0.2, -0.15) is 0 Å². The second-order valence-electron chi connectivity index (χ2n) is 4.07. The first-order valence-electron chi connectivity index (χ1n) is 5.60. The Bertz CT molecular complexity index is 384. The fourth-order valence-corrected chi connectivity index (χ4v) is 2.24. The number of rotatable bonds is 2. The van der Waals surface area contributed by atoms with Crippen LogP contribution in [0.4, 0.5) is 0 Å². The quantitative estimate of drug-likeness (QED) is 0.359. The van der Waals surface area contributed by atoms with Gasteiger partial charge in [0.05, 0.1) is 6.04 Å². The maximum absolute atomic E-state index is 5.94. The number of hydrogen-bond donors (Lipinski definition) is 2. The molecule has 4 heteroatoms. The molecule has 1 aliphatic rings. The van der Waals surface area contributed by atoms with Crippen LogP contribution in [0.3, 0.4) is 0 Å². The monoisotopic (exact) mass is 237 g/mol. The number of nitrogens with two attached hydrogens (primary N) is 1. The Kier molecular flexibility index (Phi) is 3.80. The van der Waals surface area contributed by atoms with Crippen LogP contribution in [0.1, 0.15) is 31.2 Å². The van der Waals surface area contributed by atoms with Crippen LogP contribution in [-0.4, -0.2) is 11.9 Å². The maximum atomic E-state index is 5.94. The average Bonchev–Trinajstić information content (AvgIpc) is 2.78. The van der Waals surface area contributed by atoms with E-state index < -0.39 is 0 Å². The zero-order valence-corrected chi connectivity index (χ0v) is 9.87. The van der Waals surface area contributed by atoms with Gasteiger partial charge in [0.1, 0.15) is 5.84 Å². The molecule has 3 N–H and O–H groups in total. The van der Waals surface area contributed by atoms with Crippen LogP contribution in [0.15, 0.2) is 29.3 Å². The molecule has 2 rings (SSSR count). The lowest BCUT2D eigenvalue weighted by Gasteiger charge is -2.09. The Balaban J connectivity index is 2.21. The Morgan fingerprint density at radius 2 is 2.12 bits per heavy atom. The van der Waals surface area contributed by atoms with Crippen molar-refractivity contribution in [2.75, 3.05) is 0 Å². The molecule has 1 saturated carbocycles. The minimum Gasteiger partial charge on any atom is -0.308 e. The smallest absolute Gasteiger partial charge is 0.142 e. The molecule has 0 radical (unpaired) electrons. The van der Waals surface area contributed by atoms with Crippen molar-refractivity contribution in [3.63, 3.8) is 0 Å². The summed E-state index contributed by atoms with van der Waals surface area (Å²) in [6, 6.07) is 7.98. The van der Waals surface area contributed by atoms with E-state index in [-0.39, 0.29) is 0 Å². The fraction of sp³-hybridized carbons (Fsp3) is 0.417. The van der Waals surface area contributed by atoms with Gasteiger partial charge in [-0.1, -0.05) is 36.6 Å². The second kappa shape index (κ2) is 5.32. The van der Waals surface area contributed by atoms with Crippen molar-refractivity contribution >= 4 is 17.4 Å². The van der Waals surface area contributed by atoms with Gasteiger partial charge in [-0.3, -0.25) is 4.99 Å². The lowest BCUT2D eigenvalue weighted by atomic mass is 10.2. The summed E-state index contributed by atoms with van der Waals surface area (Å²) in [5, 5.41) is 0.701. The molecule has 0 bridgehead atoms. The van der Waals surface area contributed by atoms with Crippen LogP contribution in [0, 0.1) is 0 Å². The van der Waals surface area contributed by atoms with E-state index in [1.54, 1.807) is 0 Å². The molecule has 3 nitrogen and oxygen atoms in total. The van der Waals surface area contributed by atoms with Gasteiger partial charge < -0.3 is 5.43 Å². The molecule has 0 aromatic heterocycles. The fourth-order valence-electron chi connectivity index (χ4n) is 2.05. The number of nitrogens with zero attached hydrogens (tertiary/aromatic N) is 1. The van der Waals surface area contributed by atoms with Crippen molar-refractivity contribution in [3.8, 4) is 0 Å². The van der Waals surface area contributed by atoms with E-state index in [0.717, 1.165) is 24.2 Å². The molecule has 0 saturated heterocycles. The predicted octanol–water partition coefficient (Wildman–Crippen LogP) is 2.49. The molecular formula is C12H16ClN3. The highest BCUT2D eigenvalue weighted by molar-refractivity contribution is 6.31. The maximum Gasteiger partial charge on any atom is 0.142 e. The van der Waals surface area contributed by atoms with Crippen molar-refractivity contribution in [1.82, 2.24) is 5.43 Å². The standard InChI is InChI=1S/C12H16ClN3/c13-10-5-3-4-9(8-10)12(16-14)15-11-6-1-2-7-11/h3-5,8,11H,1-2,6-7,14H2,(H,15,16). The molecule has 86 valence electrons. The summed E-state index contributed by atoms with van der Waals surface area (Å²) in [5.74, 6) is 6.24. The van der Waals surface area contributed by atoms with Crippen molar-refractivity contribution < 1.29 is 0 Å². The Labute approximate surface area is 101 Å². The van der Waals surface area contributed by atoms with Gasteiger partial charge in [-0.25, -0.2) is 5.84 Å². The van der Waals surface area contributed by atoms with Gasteiger partial charge in [0, 0.05) is 10.6 Å². The number of nitrogens with one attached hydrogen (secondary N) is 1. The normalized spacial score (nSPS) is 17.8. The summed E-state index contributed by atoms with van der Waals surface area (Å²) in [5.41, 5.74) is 3.61. The molecule has 0 atom stereocenters. The highest BCUT2D eigenvalue weighted by Gasteiger charge is 2.15. The zero-order chi connectivity index (χ0) is 11.4. The van der Waals surface area contributed by atoms with E-state index in [4.69, 9.17) is 17.4 Å². The first-order chi connectivity index (χ1) is 7.79. The first-order valence-corrected chi connectivity index (χ1v) is 5.98. The number of benzene rings is 1. The SMILES string of the molecule is NNC(=NC1CCCC1)c1cccc(Cl)c1. The molecule has 0 spiro atoms. The third-order valence-corrected chi connectivity index (χ3v) is 3.11. The van der Waals surface area contributed by atoms with Crippen LogP contribution in [0.25, 0.3) is 0 Å². The van der Waals surface area contributed by atoms with E-state index in [1.807, 2.05) is 24.3 Å². The van der Waals surface area contributed by atoms with E-state index in [2.05, 4.69) is 10.4 Å². The number of halogens is 1. The van der Waals surface area contributed by atoms with Gasteiger partial charge in [0.25, 0.3) is 0 Å². The molecule has 0 heterocycles. The van der Waals surface area contributed by atoms with Crippen LogP contribution in [-0.2, 0) is 0 Å². The van der Waals surface area contributed by atoms with Crippen molar-refractivity contribution in [2.24, 2.45) is 10.8 Å². The third kappa shape index (κ3) is 2.74. The van der Waals surface area contributed by atoms with Gasteiger partial charge in [-0.05, 0) is 25.0 Å². The summed E-state index contributed by atoms with van der Waals surface area (Å²) >= 11 is 5.94. The Hall–Kier alpha value is -1.06. The topological polar surface area (TPSA) is 50.4 Å². The van der Waals surface area contributed by atoms with Crippen molar-refractivity contribution in [1.29, 1.82) is 0 Å². The molecule has 1 aromatic rings. The predicted molar refractivity (Wildman–Crippen MR) is 67.6 cm³/mol. The minimum absolute atomic E-state index is 0.407. The third-order valence-electron chi connectivity index (χ3n) is 2.87. The van der Waals surface area contributed by atoms with Crippen LogP contribution in [0.5, 0.6) is 0 Å². The van der Waals surface area contributed by atoms with Gasteiger partial charge in [0.15, 0.2) is 0 Å². The zero-order valence-electron chi connectivity index (χ0n) is 9.12. The van der Waals surface area contributed by atoms with Crippen molar-refractivity contribution in [2.45, 2.75) is 31.7 Å². The van der Waals surface area contributed by atoms with E-state index >= 15 is 0 Å². The molecule has 0 aliphatic heterocycles. The summed E-state index contributed by atoms with van der Waals surface area (Å²) in [4.78, 5) is 4.63. The van der Waals surface area contributed by atoms with E-state index in [9.17, 15) is 0 Å². The Morgan fingerprint density at radius 1 is 1.38 bits per heavy atom. The van der Waals surface area contributed by atoms with Gasteiger partial charge in [0.2, 0.25) is 0 Å². The highest BCUT2D eigenvalue weighted by atomic mass is 35.5. The minimum atomic E-state index is 0.407. The van der Waals surface area contributed by atoms with Crippen molar-refractivity contribution in [3.05, 3.63) is 34.9 Å². The van der Waals surface area contributed by atoms with Crippen LogP contribution >= 0.6 is 11.6 Å².